The summed E-state index contributed by atoms with van der Waals surface area (Å²) in [5.41, 5.74) is 2.30. The monoisotopic (exact) mass is 364 g/mol. The SMILES string of the molecule is CC(C)CN1c2cccnc2-n2cccc2[C@]12CCN(C(=O)[C@@H]1C[C@@H]1C)C2. The van der Waals surface area contributed by atoms with E-state index >= 15 is 0 Å². The molecule has 27 heavy (non-hydrogen) atoms. The molecule has 142 valence electrons. The molecule has 0 N–H and O–H groups in total. The predicted molar refractivity (Wildman–Crippen MR) is 106 cm³/mol. The van der Waals surface area contributed by atoms with Crippen molar-refractivity contribution in [2.45, 2.75) is 39.2 Å². The topological polar surface area (TPSA) is 41.4 Å². The number of fused-ring (bicyclic) bond motifs is 4. The molecule has 2 aliphatic heterocycles. The minimum atomic E-state index is -0.155. The van der Waals surface area contributed by atoms with Crippen molar-refractivity contribution in [3.8, 4) is 5.82 Å². The van der Waals surface area contributed by atoms with Crippen molar-refractivity contribution in [1.29, 1.82) is 0 Å². The van der Waals surface area contributed by atoms with Gasteiger partial charge in [-0.2, -0.15) is 0 Å². The number of hydrogen-bond donors (Lipinski definition) is 0. The Labute approximate surface area is 161 Å². The molecule has 0 radical (unpaired) electrons. The van der Waals surface area contributed by atoms with E-state index in [1.54, 1.807) is 0 Å². The second-order valence-electron chi connectivity index (χ2n) is 8.97. The van der Waals surface area contributed by atoms with Crippen LogP contribution in [0.1, 0.15) is 39.3 Å². The molecule has 2 fully saturated rings. The molecule has 5 rings (SSSR count). The maximum absolute atomic E-state index is 13.0. The van der Waals surface area contributed by atoms with Crippen molar-refractivity contribution in [3.63, 3.8) is 0 Å². The van der Waals surface area contributed by atoms with E-state index in [2.05, 4.69) is 64.5 Å². The summed E-state index contributed by atoms with van der Waals surface area (Å²) in [5.74, 6) is 2.71. The van der Waals surface area contributed by atoms with Gasteiger partial charge in [-0.15, -0.1) is 0 Å². The molecule has 5 heteroatoms. The van der Waals surface area contributed by atoms with Gasteiger partial charge in [0.25, 0.3) is 0 Å². The molecule has 2 aromatic rings. The largest absolute Gasteiger partial charge is 0.355 e. The Morgan fingerprint density at radius 1 is 1.33 bits per heavy atom. The molecule has 1 saturated carbocycles. The van der Waals surface area contributed by atoms with Crippen LogP contribution in [-0.4, -0.2) is 40.0 Å². The van der Waals surface area contributed by atoms with Crippen LogP contribution in [0.15, 0.2) is 36.7 Å². The molecule has 3 atom stereocenters. The first-order valence-corrected chi connectivity index (χ1v) is 10.2. The quantitative estimate of drug-likeness (QED) is 0.838. The molecule has 1 spiro atoms. The average Bonchev–Trinajstić information content (AvgIpc) is 3.06. The standard InChI is InChI=1S/C22H28N4O/c1-15(2)13-26-18-6-4-9-23-20(18)25-10-5-7-19(25)22(26)8-11-24(14-22)21(27)17-12-16(17)3/h4-7,9-10,15-17H,8,11-14H2,1-3H3/t16-,17+,22+/m0/s1. The van der Waals surface area contributed by atoms with Gasteiger partial charge >= 0.3 is 0 Å². The molecular formula is C22H28N4O. The number of hydrogen-bond acceptors (Lipinski definition) is 3. The summed E-state index contributed by atoms with van der Waals surface area (Å²) in [7, 11) is 0. The third-order valence-electron chi connectivity index (χ3n) is 6.56. The highest BCUT2D eigenvalue weighted by Gasteiger charge is 2.53. The van der Waals surface area contributed by atoms with Crippen molar-refractivity contribution < 1.29 is 4.79 Å². The fraction of sp³-hybridized carbons (Fsp3) is 0.545. The molecule has 1 aliphatic carbocycles. The van der Waals surface area contributed by atoms with Gasteiger partial charge in [0, 0.05) is 37.9 Å². The minimum Gasteiger partial charge on any atom is -0.355 e. The van der Waals surface area contributed by atoms with Gasteiger partial charge in [0.15, 0.2) is 5.82 Å². The van der Waals surface area contributed by atoms with E-state index in [0.717, 1.165) is 38.3 Å². The number of nitrogens with zero attached hydrogens (tertiary/aromatic N) is 4. The lowest BCUT2D eigenvalue weighted by Crippen LogP contribution is -2.54. The van der Waals surface area contributed by atoms with Gasteiger partial charge in [0.05, 0.1) is 11.4 Å². The van der Waals surface area contributed by atoms with Gasteiger partial charge in [-0.05, 0) is 48.9 Å². The van der Waals surface area contributed by atoms with Gasteiger partial charge < -0.3 is 14.4 Å². The van der Waals surface area contributed by atoms with E-state index in [1.807, 2.05) is 12.3 Å². The fourth-order valence-corrected chi connectivity index (χ4v) is 5.05. The summed E-state index contributed by atoms with van der Waals surface area (Å²) in [6, 6.07) is 8.54. The van der Waals surface area contributed by atoms with E-state index in [9.17, 15) is 4.79 Å². The summed E-state index contributed by atoms with van der Waals surface area (Å²) in [6.07, 6.45) is 6.02. The van der Waals surface area contributed by atoms with Gasteiger partial charge in [-0.1, -0.05) is 20.8 Å². The molecule has 5 nitrogen and oxygen atoms in total. The molecule has 1 saturated heterocycles. The van der Waals surface area contributed by atoms with E-state index in [4.69, 9.17) is 0 Å². The van der Waals surface area contributed by atoms with Crippen LogP contribution in [0.5, 0.6) is 0 Å². The highest BCUT2D eigenvalue weighted by Crippen LogP contribution is 2.48. The smallest absolute Gasteiger partial charge is 0.226 e. The zero-order valence-corrected chi connectivity index (χ0v) is 16.4. The average molecular weight is 364 g/mol. The first-order valence-electron chi connectivity index (χ1n) is 10.2. The Hall–Kier alpha value is -2.30. The second kappa shape index (κ2) is 5.85. The number of likely N-dealkylation sites (tertiary alicyclic amines) is 1. The molecule has 3 aliphatic rings. The molecular weight excluding hydrogens is 336 g/mol. The Morgan fingerprint density at radius 2 is 2.15 bits per heavy atom. The van der Waals surface area contributed by atoms with Gasteiger partial charge in [-0.3, -0.25) is 4.79 Å². The first kappa shape index (κ1) is 16.8. The van der Waals surface area contributed by atoms with Crippen LogP contribution in [0.4, 0.5) is 5.69 Å². The van der Waals surface area contributed by atoms with E-state index in [1.165, 1.54) is 11.4 Å². The van der Waals surface area contributed by atoms with Crippen molar-refractivity contribution in [3.05, 3.63) is 42.4 Å². The Bertz CT molecular complexity index is 888. The normalized spacial score (nSPS) is 28.6. The number of anilines is 1. The maximum Gasteiger partial charge on any atom is 0.226 e. The number of pyridine rings is 1. The van der Waals surface area contributed by atoms with E-state index in [-0.39, 0.29) is 11.5 Å². The molecule has 2 aromatic heterocycles. The highest BCUT2D eigenvalue weighted by atomic mass is 16.2. The van der Waals surface area contributed by atoms with Crippen LogP contribution in [0.25, 0.3) is 5.82 Å². The van der Waals surface area contributed by atoms with Crippen molar-refractivity contribution in [2.75, 3.05) is 24.5 Å². The molecule has 4 heterocycles. The third kappa shape index (κ3) is 2.43. The Kier molecular flexibility index (Phi) is 3.65. The van der Waals surface area contributed by atoms with E-state index < -0.39 is 0 Å². The highest BCUT2D eigenvalue weighted by molar-refractivity contribution is 5.82. The summed E-state index contributed by atoms with van der Waals surface area (Å²) in [6.45, 7) is 9.30. The zero-order valence-electron chi connectivity index (χ0n) is 16.4. The predicted octanol–water partition coefficient (Wildman–Crippen LogP) is 3.43. The number of aromatic nitrogens is 2. The number of carbonyl (C=O) groups excluding carboxylic acids is 1. The van der Waals surface area contributed by atoms with Crippen LogP contribution < -0.4 is 4.90 Å². The Morgan fingerprint density at radius 3 is 2.89 bits per heavy atom. The zero-order chi connectivity index (χ0) is 18.8. The molecule has 0 aromatic carbocycles. The molecule has 1 amide bonds. The lowest BCUT2D eigenvalue weighted by molar-refractivity contribution is -0.132. The van der Waals surface area contributed by atoms with Gasteiger partial charge in [-0.25, -0.2) is 4.98 Å². The van der Waals surface area contributed by atoms with Crippen LogP contribution in [0.3, 0.4) is 0 Å². The summed E-state index contributed by atoms with van der Waals surface area (Å²) in [4.78, 5) is 22.3. The fourth-order valence-electron chi connectivity index (χ4n) is 5.05. The van der Waals surface area contributed by atoms with Crippen LogP contribution >= 0.6 is 0 Å². The first-order chi connectivity index (χ1) is 13.0. The third-order valence-corrected chi connectivity index (χ3v) is 6.56. The molecule has 0 bridgehead atoms. The lowest BCUT2D eigenvalue weighted by atomic mass is 9.88. The van der Waals surface area contributed by atoms with Crippen molar-refractivity contribution >= 4 is 11.6 Å². The number of amides is 1. The second-order valence-corrected chi connectivity index (χ2v) is 8.97. The summed E-state index contributed by atoms with van der Waals surface area (Å²) in [5, 5.41) is 0. The van der Waals surface area contributed by atoms with Crippen LogP contribution in [-0.2, 0) is 10.3 Å². The van der Waals surface area contributed by atoms with Crippen LogP contribution in [0, 0.1) is 17.8 Å². The molecule has 0 unspecified atom stereocenters. The summed E-state index contributed by atoms with van der Waals surface area (Å²) < 4.78 is 2.24. The van der Waals surface area contributed by atoms with Crippen molar-refractivity contribution in [2.24, 2.45) is 17.8 Å². The van der Waals surface area contributed by atoms with Gasteiger partial charge in [0.2, 0.25) is 5.91 Å². The summed E-state index contributed by atoms with van der Waals surface area (Å²) >= 11 is 0. The maximum atomic E-state index is 13.0. The van der Waals surface area contributed by atoms with Crippen LogP contribution in [0.2, 0.25) is 0 Å². The van der Waals surface area contributed by atoms with E-state index in [0.29, 0.717) is 17.7 Å². The van der Waals surface area contributed by atoms with Gasteiger partial charge in [0.1, 0.15) is 5.54 Å². The minimum absolute atomic E-state index is 0.155. The number of carbonyl (C=O) groups is 1. The lowest BCUT2D eigenvalue weighted by Gasteiger charge is -2.47. The number of rotatable bonds is 3. The van der Waals surface area contributed by atoms with Crippen molar-refractivity contribution in [1.82, 2.24) is 14.5 Å². The Balaban J connectivity index is 1.59.